The summed E-state index contributed by atoms with van der Waals surface area (Å²) in [5, 5.41) is 12.1. The number of amides is 1. The van der Waals surface area contributed by atoms with Crippen molar-refractivity contribution >= 4 is 35.1 Å². The molecule has 2 N–H and O–H groups in total. The van der Waals surface area contributed by atoms with Crippen molar-refractivity contribution in [1.29, 1.82) is 0 Å². The molecule has 0 aliphatic heterocycles. The monoisotopic (exact) mass is 462 g/mol. The van der Waals surface area contributed by atoms with Crippen LogP contribution in [0.25, 0.3) is 11.3 Å². The number of nitrogens with zero attached hydrogens (tertiary/aromatic N) is 1. The number of methoxy groups -OCH3 is 1. The van der Waals surface area contributed by atoms with Crippen molar-refractivity contribution in [3.63, 3.8) is 0 Å². The van der Waals surface area contributed by atoms with E-state index < -0.39 is 23.7 Å². The molecule has 9 heteroatoms. The standard InChI is InChI=1S/C22H17Cl2FN2O4/c1-31-18-10-9-16(26-21(18)13-6-4-8-15(25)20(13)24)22(30)27-17(11-19(28)29)12-5-2-3-7-14(12)23/h2-10,17H,11H2,1H3,(H,27,30)(H,28,29). The third-order valence-electron chi connectivity index (χ3n) is 4.48. The molecule has 0 fully saturated rings. The molecule has 2 aromatic carbocycles. The van der Waals surface area contributed by atoms with E-state index in [1.54, 1.807) is 30.3 Å². The maximum Gasteiger partial charge on any atom is 0.305 e. The van der Waals surface area contributed by atoms with Crippen molar-refractivity contribution in [2.45, 2.75) is 12.5 Å². The molecule has 0 radical (unpaired) electrons. The summed E-state index contributed by atoms with van der Waals surface area (Å²) < 4.78 is 19.2. The summed E-state index contributed by atoms with van der Waals surface area (Å²) in [7, 11) is 1.41. The molecule has 1 atom stereocenters. The summed E-state index contributed by atoms with van der Waals surface area (Å²) in [6.45, 7) is 0. The van der Waals surface area contributed by atoms with Crippen molar-refractivity contribution in [2.24, 2.45) is 0 Å². The van der Waals surface area contributed by atoms with E-state index in [-0.39, 0.29) is 34.1 Å². The van der Waals surface area contributed by atoms with Gasteiger partial charge in [0.1, 0.15) is 23.0 Å². The van der Waals surface area contributed by atoms with Gasteiger partial charge in [-0.25, -0.2) is 9.37 Å². The van der Waals surface area contributed by atoms with Gasteiger partial charge < -0.3 is 15.2 Å². The SMILES string of the molecule is COc1ccc(C(=O)NC(CC(=O)O)c2ccccc2Cl)nc1-c1cccc(F)c1Cl. The molecule has 1 unspecified atom stereocenters. The summed E-state index contributed by atoms with van der Waals surface area (Å²) in [6.07, 6.45) is -0.381. The first kappa shape index (κ1) is 22.5. The third kappa shape index (κ3) is 5.13. The number of halogens is 3. The Morgan fingerprint density at radius 2 is 1.87 bits per heavy atom. The minimum absolute atomic E-state index is 0.0291. The molecule has 6 nitrogen and oxygen atoms in total. The Kier molecular flexibility index (Phi) is 7.09. The van der Waals surface area contributed by atoms with Crippen LogP contribution >= 0.6 is 23.2 Å². The smallest absolute Gasteiger partial charge is 0.305 e. The van der Waals surface area contributed by atoms with Crippen LogP contribution < -0.4 is 10.1 Å². The second kappa shape index (κ2) is 9.76. The molecule has 31 heavy (non-hydrogen) atoms. The highest BCUT2D eigenvalue weighted by atomic mass is 35.5. The predicted octanol–water partition coefficient (Wildman–Crippen LogP) is 5.15. The average molecular weight is 463 g/mol. The Hall–Kier alpha value is -3.16. The minimum Gasteiger partial charge on any atom is -0.494 e. The molecule has 1 aromatic heterocycles. The molecule has 1 heterocycles. The number of aromatic nitrogens is 1. The zero-order valence-electron chi connectivity index (χ0n) is 16.2. The van der Waals surface area contributed by atoms with Gasteiger partial charge in [0.15, 0.2) is 0 Å². The molecule has 3 aromatic rings. The Labute approximate surface area is 187 Å². The van der Waals surface area contributed by atoms with Crippen molar-refractivity contribution in [2.75, 3.05) is 7.11 Å². The first-order valence-corrected chi connectivity index (χ1v) is 9.84. The molecule has 0 aliphatic rings. The van der Waals surface area contributed by atoms with Crippen LogP contribution in [-0.2, 0) is 4.79 Å². The van der Waals surface area contributed by atoms with Crippen molar-refractivity contribution in [3.8, 4) is 17.0 Å². The summed E-state index contributed by atoms with van der Waals surface area (Å²) in [5.74, 6) is -2.10. The molecule has 0 saturated heterocycles. The molecular weight excluding hydrogens is 446 g/mol. The molecule has 0 saturated carbocycles. The fraction of sp³-hybridized carbons (Fsp3) is 0.136. The topological polar surface area (TPSA) is 88.5 Å². The van der Waals surface area contributed by atoms with E-state index in [0.717, 1.165) is 0 Å². The molecule has 0 aliphatic carbocycles. The fourth-order valence-electron chi connectivity index (χ4n) is 3.02. The average Bonchev–Trinajstić information content (AvgIpc) is 2.74. The van der Waals surface area contributed by atoms with Crippen LogP contribution in [0, 0.1) is 5.82 Å². The Morgan fingerprint density at radius 3 is 2.55 bits per heavy atom. The molecule has 0 bridgehead atoms. The van der Waals surface area contributed by atoms with Gasteiger partial charge >= 0.3 is 5.97 Å². The van der Waals surface area contributed by atoms with Crippen molar-refractivity contribution in [1.82, 2.24) is 10.3 Å². The highest BCUT2D eigenvalue weighted by Crippen LogP contribution is 2.35. The molecule has 3 rings (SSSR count). The normalized spacial score (nSPS) is 11.6. The van der Waals surface area contributed by atoms with Crippen LogP contribution in [0.1, 0.15) is 28.5 Å². The third-order valence-corrected chi connectivity index (χ3v) is 5.21. The van der Waals surface area contributed by atoms with Crippen molar-refractivity contribution < 1.29 is 23.8 Å². The number of hydrogen-bond donors (Lipinski definition) is 2. The fourth-order valence-corrected chi connectivity index (χ4v) is 3.50. The highest BCUT2D eigenvalue weighted by Gasteiger charge is 2.23. The maximum absolute atomic E-state index is 13.9. The van der Waals surface area contributed by atoms with Gasteiger partial charge in [0, 0.05) is 10.6 Å². The lowest BCUT2D eigenvalue weighted by Crippen LogP contribution is -2.31. The lowest BCUT2D eigenvalue weighted by Gasteiger charge is -2.19. The van der Waals surface area contributed by atoms with Crippen molar-refractivity contribution in [3.05, 3.63) is 81.7 Å². The van der Waals surface area contributed by atoms with Crippen LogP contribution in [0.4, 0.5) is 4.39 Å². The van der Waals surface area contributed by atoms with E-state index in [4.69, 9.17) is 27.9 Å². The van der Waals surface area contributed by atoms with Gasteiger partial charge in [-0.05, 0) is 29.8 Å². The summed E-state index contributed by atoms with van der Waals surface area (Å²) in [4.78, 5) is 28.5. The number of rotatable bonds is 7. The van der Waals surface area contributed by atoms with Gasteiger partial charge in [-0.2, -0.15) is 0 Å². The lowest BCUT2D eigenvalue weighted by molar-refractivity contribution is -0.137. The first-order chi connectivity index (χ1) is 14.8. The molecule has 0 spiro atoms. The van der Waals surface area contributed by atoms with Gasteiger partial charge in [0.25, 0.3) is 5.91 Å². The largest absolute Gasteiger partial charge is 0.494 e. The van der Waals surface area contributed by atoms with E-state index in [2.05, 4.69) is 10.3 Å². The number of benzene rings is 2. The number of carboxylic acid groups (broad SMARTS) is 1. The van der Waals surface area contributed by atoms with E-state index in [0.29, 0.717) is 10.6 Å². The summed E-state index contributed by atoms with van der Waals surface area (Å²) >= 11 is 12.3. The number of ether oxygens (including phenoxy) is 1. The number of aliphatic carboxylic acids is 1. The van der Waals surface area contributed by atoms with E-state index in [9.17, 15) is 19.1 Å². The van der Waals surface area contributed by atoms with E-state index in [1.165, 1.54) is 31.4 Å². The number of hydrogen-bond acceptors (Lipinski definition) is 4. The first-order valence-electron chi connectivity index (χ1n) is 9.08. The summed E-state index contributed by atoms with van der Waals surface area (Å²) in [5.41, 5.74) is 0.855. The van der Waals surface area contributed by atoms with Gasteiger partial charge in [-0.15, -0.1) is 0 Å². The van der Waals surface area contributed by atoms with Crippen LogP contribution in [0.2, 0.25) is 10.0 Å². The molecule has 160 valence electrons. The predicted molar refractivity (Wildman–Crippen MR) is 115 cm³/mol. The second-order valence-electron chi connectivity index (χ2n) is 6.49. The van der Waals surface area contributed by atoms with E-state index >= 15 is 0 Å². The number of carboxylic acids is 1. The number of carbonyl (C=O) groups is 2. The Morgan fingerprint density at radius 1 is 1.13 bits per heavy atom. The van der Waals surface area contributed by atoms with Crippen LogP contribution in [0.3, 0.4) is 0 Å². The summed E-state index contributed by atoms with van der Waals surface area (Å²) in [6, 6.07) is 12.9. The maximum atomic E-state index is 13.9. The Balaban J connectivity index is 1.98. The zero-order valence-corrected chi connectivity index (χ0v) is 17.7. The van der Waals surface area contributed by atoms with E-state index in [1.807, 2.05) is 0 Å². The second-order valence-corrected chi connectivity index (χ2v) is 7.28. The minimum atomic E-state index is -1.11. The quantitative estimate of drug-likeness (QED) is 0.506. The van der Waals surface area contributed by atoms with Crippen LogP contribution in [0.15, 0.2) is 54.6 Å². The number of nitrogens with one attached hydrogen (secondary N) is 1. The number of carbonyl (C=O) groups excluding carboxylic acids is 1. The number of pyridine rings is 1. The highest BCUT2D eigenvalue weighted by molar-refractivity contribution is 6.33. The van der Waals surface area contributed by atoms with Crippen LogP contribution in [0.5, 0.6) is 5.75 Å². The zero-order chi connectivity index (χ0) is 22.5. The van der Waals surface area contributed by atoms with Gasteiger partial charge in [-0.3, -0.25) is 9.59 Å². The lowest BCUT2D eigenvalue weighted by atomic mass is 10.0. The molecular formula is C22H17Cl2FN2O4. The van der Waals surface area contributed by atoms with Crippen LogP contribution in [-0.4, -0.2) is 29.1 Å². The van der Waals surface area contributed by atoms with Gasteiger partial charge in [0.2, 0.25) is 0 Å². The molecule has 1 amide bonds. The van der Waals surface area contributed by atoms with Gasteiger partial charge in [-0.1, -0.05) is 53.5 Å². The Bertz CT molecular complexity index is 1140. The van der Waals surface area contributed by atoms with Gasteiger partial charge in [0.05, 0.1) is 24.6 Å².